The van der Waals surface area contributed by atoms with Crippen LogP contribution in [0.2, 0.25) is 10.0 Å². The Balaban J connectivity index is 2.50. The number of carbonyl (C=O) groups excluding carboxylic acids is 1. The second-order valence-corrected chi connectivity index (χ2v) is 3.82. The number of hydrogen-bond donors (Lipinski definition) is 2. The van der Waals surface area contributed by atoms with Crippen molar-refractivity contribution in [3.63, 3.8) is 0 Å². The van der Waals surface area contributed by atoms with Crippen LogP contribution in [-0.2, 0) is 9.59 Å². The highest BCUT2D eigenvalue weighted by Gasteiger charge is 2.09. The van der Waals surface area contributed by atoms with Crippen LogP contribution in [-0.4, -0.2) is 30.1 Å². The largest absolute Gasteiger partial charge is 0.481 e. The minimum atomic E-state index is -1.13. The maximum absolute atomic E-state index is 11.2. The number of halogens is 2. The maximum atomic E-state index is 11.2. The van der Waals surface area contributed by atoms with Gasteiger partial charge in [0.25, 0.3) is 5.91 Å². The zero-order chi connectivity index (χ0) is 12.8. The van der Waals surface area contributed by atoms with Crippen molar-refractivity contribution in [2.24, 2.45) is 0 Å². The molecule has 7 heteroatoms. The van der Waals surface area contributed by atoms with Crippen molar-refractivity contribution >= 4 is 35.1 Å². The Morgan fingerprint density at radius 3 is 2.41 bits per heavy atom. The van der Waals surface area contributed by atoms with Crippen molar-refractivity contribution in [3.05, 3.63) is 28.2 Å². The van der Waals surface area contributed by atoms with Gasteiger partial charge in [-0.2, -0.15) is 0 Å². The van der Waals surface area contributed by atoms with Gasteiger partial charge in [-0.1, -0.05) is 29.3 Å². The van der Waals surface area contributed by atoms with Crippen LogP contribution in [0.5, 0.6) is 5.75 Å². The highest BCUT2D eigenvalue weighted by Crippen LogP contribution is 2.32. The molecule has 2 N–H and O–H groups in total. The summed E-state index contributed by atoms with van der Waals surface area (Å²) in [7, 11) is 0. The number of hydrogen-bond acceptors (Lipinski definition) is 3. The molecule has 0 bridgehead atoms. The lowest BCUT2D eigenvalue weighted by Crippen LogP contribution is -2.33. The first kappa shape index (κ1) is 13.6. The smallest absolute Gasteiger partial charge is 0.322 e. The number of para-hydroxylation sites is 1. The highest BCUT2D eigenvalue weighted by molar-refractivity contribution is 6.37. The number of carboxylic acids is 1. The van der Waals surface area contributed by atoms with E-state index in [1.54, 1.807) is 18.2 Å². The molecule has 0 aliphatic carbocycles. The molecule has 0 unspecified atom stereocenters. The van der Waals surface area contributed by atoms with E-state index in [1.807, 2.05) is 0 Å². The van der Waals surface area contributed by atoms with Crippen molar-refractivity contribution in [1.29, 1.82) is 0 Å². The van der Waals surface area contributed by atoms with Crippen molar-refractivity contribution < 1.29 is 19.4 Å². The molecule has 0 radical (unpaired) electrons. The number of rotatable bonds is 5. The summed E-state index contributed by atoms with van der Waals surface area (Å²) in [6.45, 7) is -0.810. The molecule has 0 saturated carbocycles. The first-order valence-electron chi connectivity index (χ1n) is 4.56. The summed E-state index contributed by atoms with van der Waals surface area (Å²) in [4.78, 5) is 21.3. The summed E-state index contributed by atoms with van der Waals surface area (Å²) in [6.07, 6.45) is 0. The van der Waals surface area contributed by atoms with Gasteiger partial charge >= 0.3 is 5.97 Å². The lowest BCUT2D eigenvalue weighted by atomic mass is 10.3. The fraction of sp³-hybridized carbons (Fsp3) is 0.200. The Labute approximate surface area is 107 Å². The van der Waals surface area contributed by atoms with Crippen LogP contribution in [0.15, 0.2) is 18.2 Å². The van der Waals surface area contributed by atoms with Gasteiger partial charge in [0.15, 0.2) is 12.4 Å². The minimum Gasteiger partial charge on any atom is -0.481 e. The van der Waals surface area contributed by atoms with Gasteiger partial charge in [0.1, 0.15) is 6.54 Å². The zero-order valence-electron chi connectivity index (χ0n) is 8.57. The monoisotopic (exact) mass is 277 g/mol. The SMILES string of the molecule is O=C(O)CNC(=O)COc1c(Cl)cccc1Cl. The van der Waals surface area contributed by atoms with Crippen LogP contribution in [0, 0.1) is 0 Å². The van der Waals surface area contributed by atoms with E-state index in [2.05, 4.69) is 5.32 Å². The van der Waals surface area contributed by atoms with Gasteiger partial charge in [-0.15, -0.1) is 0 Å². The first-order chi connectivity index (χ1) is 8.00. The number of ether oxygens (including phenoxy) is 1. The molecule has 0 saturated heterocycles. The van der Waals surface area contributed by atoms with E-state index >= 15 is 0 Å². The molecule has 1 amide bonds. The van der Waals surface area contributed by atoms with Crippen LogP contribution in [0.3, 0.4) is 0 Å². The quantitative estimate of drug-likeness (QED) is 0.857. The molecule has 92 valence electrons. The molecule has 17 heavy (non-hydrogen) atoms. The molecule has 5 nitrogen and oxygen atoms in total. The Kier molecular flexibility index (Phi) is 5.06. The second kappa shape index (κ2) is 6.32. The number of amides is 1. The van der Waals surface area contributed by atoms with Gasteiger partial charge in [0, 0.05) is 0 Å². The van der Waals surface area contributed by atoms with E-state index in [-0.39, 0.29) is 22.4 Å². The molecular weight excluding hydrogens is 269 g/mol. The van der Waals surface area contributed by atoms with Crippen molar-refractivity contribution in [3.8, 4) is 5.75 Å². The van der Waals surface area contributed by atoms with E-state index in [1.165, 1.54) is 0 Å². The summed E-state index contributed by atoms with van der Waals surface area (Å²) < 4.78 is 5.09. The average Bonchev–Trinajstić information content (AvgIpc) is 2.25. The normalized spacial score (nSPS) is 9.76. The van der Waals surface area contributed by atoms with Crippen LogP contribution in [0.1, 0.15) is 0 Å². The number of benzene rings is 1. The molecule has 0 aromatic heterocycles. The third-order valence-electron chi connectivity index (χ3n) is 1.70. The Bertz CT molecular complexity index is 416. The predicted octanol–water partition coefficient (Wildman–Crippen LogP) is 1.57. The summed E-state index contributed by atoms with van der Waals surface area (Å²) in [5, 5.41) is 11.0. The van der Waals surface area contributed by atoms with Crippen LogP contribution < -0.4 is 10.1 Å². The van der Waals surface area contributed by atoms with Gasteiger partial charge in [-0.05, 0) is 12.1 Å². The summed E-state index contributed by atoms with van der Waals surface area (Å²) in [5.41, 5.74) is 0. The zero-order valence-corrected chi connectivity index (χ0v) is 10.1. The standard InChI is InChI=1S/C10H9Cl2NO4/c11-6-2-1-3-7(12)10(6)17-5-8(14)13-4-9(15)16/h1-3H,4-5H2,(H,13,14)(H,15,16). The van der Waals surface area contributed by atoms with Crippen molar-refractivity contribution in [2.45, 2.75) is 0 Å². The predicted molar refractivity (Wildman–Crippen MR) is 62.6 cm³/mol. The van der Waals surface area contributed by atoms with Gasteiger partial charge in [0.05, 0.1) is 10.0 Å². The number of aliphatic carboxylic acids is 1. The lowest BCUT2D eigenvalue weighted by molar-refractivity contribution is -0.138. The topological polar surface area (TPSA) is 75.6 Å². The first-order valence-corrected chi connectivity index (χ1v) is 5.31. The molecule has 0 aliphatic heterocycles. The van der Waals surface area contributed by atoms with E-state index in [0.29, 0.717) is 0 Å². The van der Waals surface area contributed by atoms with Gasteiger partial charge in [-0.3, -0.25) is 9.59 Å². The van der Waals surface area contributed by atoms with Crippen molar-refractivity contribution in [1.82, 2.24) is 5.32 Å². The van der Waals surface area contributed by atoms with E-state index in [9.17, 15) is 9.59 Å². The number of nitrogens with one attached hydrogen (secondary N) is 1. The Morgan fingerprint density at radius 2 is 1.88 bits per heavy atom. The molecule has 0 fully saturated rings. The minimum absolute atomic E-state index is 0.196. The average molecular weight is 278 g/mol. The number of carbonyl (C=O) groups is 2. The Hall–Kier alpha value is -1.46. The van der Waals surface area contributed by atoms with E-state index < -0.39 is 18.4 Å². The van der Waals surface area contributed by atoms with Crippen molar-refractivity contribution in [2.75, 3.05) is 13.2 Å². The molecule has 0 spiro atoms. The maximum Gasteiger partial charge on any atom is 0.322 e. The fourth-order valence-electron chi connectivity index (χ4n) is 0.983. The third-order valence-corrected chi connectivity index (χ3v) is 2.30. The molecule has 1 aromatic carbocycles. The van der Waals surface area contributed by atoms with Gasteiger partial charge in [0.2, 0.25) is 0 Å². The third kappa shape index (κ3) is 4.50. The summed E-state index contributed by atoms with van der Waals surface area (Å²) in [5.74, 6) is -1.50. The second-order valence-electron chi connectivity index (χ2n) is 3.01. The molecule has 1 aromatic rings. The highest BCUT2D eigenvalue weighted by atomic mass is 35.5. The van der Waals surface area contributed by atoms with E-state index in [0.717, 1.165) is 0 Å². The molecule has 1 rings (SSSR count). The van der Waals surface area contributed by atoms with Gasteiger partial charge < -0.3 is 15.2 Å². The molecule has 0 heterocycles. The molecule has 0 aliphatic rings. The molecule has 0 atom stereocenters. The summed E-state index contributed by atoms with van der Waals surface area (Å²) >= 11 is 11.6. The number of carboxylic acid groups (broad SMARTS) is 1. The van der Waals surface area contributed by atoms with Gasteiger partial charge in [-0.25, -0.2) is 0 Å². The Morgan fingerprint density at radius 1 is 1.29 bits per heavy atom. The van der Waals surface area contributed by atoms with Crippen LogP contribution in [0.4, 0.5) is 0 Å². The van der Waals surface area contributed by atoms with Crippen LogP contribution >= 0.6 is 23.2 Å². The molecular formula is C10H9Cl2NO4. The van der Waals surface area contributed by atoms with Crippen LogP contribution in [0.25, 0.3) is 0 Å². The summed E-state index contributed by atoms with van der Waals surface area (Å²) in [6, 6.07) is 4.78. The van der Waals surface area contributed by atoms with E-state index in [4.69, 9.17) is 33.0 Å². The fourth-order valence-corrected chi connectivity index (χ4v) is 1.49. The lowest BCUT2D eigenvalue weighted by Gasteiger charge is -2.09.